The minimum absolute atomic E-state index is 0.0236. The van der Waals surface area contributed by atoms with E-state index in [0.717, 1.165) is 63.2 Å². The second kappa shape index (κ2) is 14.0. The molecule has 1 spiro atoms. The predicted molar refractivity (Wildman–Crippen MR) is 147 cm³/mol. The number of benzene rings is 1. The number of hydrogen-bond acceptors (Lipinski definition) is 5. The number of ether oxygens (including phenoxy) is 1. The third-order valence-corrected chi connectivity index (χ3v) is 8.58. The average molecular weight is 527 g/mol. The molecule has 2 heterocycles. The van der Waals surface area contributed by atoms with E-state index < -0.39 is 17.7 Å². The molecule has 4 rings (SSSR count). The van der Waals surface area contributed by atoms with Crippen LogP contribution < -0.4 is 10.6 Å². The Morgan fingerprint density at radius 3 is 2.53 bits per heavy atom. The maximum absolute atomic E-state index is 13.5. The Labute approximate surface area is 227 Å². The van der Waals surface area contributed by atoms with Crippen LogP contribution in [0.3, 0.4) is 0 Å². The van der Waals surface area contributed by atoms with E-state index in [1.807, 2.05) is 35.2 Å². The van der Waals surface area contributed by atoms with Gasteiger partial charge in [-0.3, -0.25) is 9.59 Å². The van der Waals surface area contributed by atoms with Crippen molar-refractivity contribution in [2.75, 3.05) is 32.7 Å². The molecule has 2 N–H and O–H groups in total. The lowest BCUT2D eigenvalue weighted by atomic mass is 9.80. The molecule has 3 aliphatic rings. The molecule has 0 unspecified atom stereocenters. The van der Waals surface area contributed by atoms with Crippen molar-refractivity contribution in [3.05, 3.63) is 35.9 Å². The zero-order valence-electron chi connectivity index (χ0n) is 23.1. The molecule has 1 aromatic rings. The molecule has 8 heteroatoms. The fourth-order valence-corrected chi connectivity index (χ4v) is 6.39. The largest absolute Gasteiger partial charge is 0.445 e. The smallest absolute Gasteiger partial charge is 0.407 e. The van der Waals surface area contributed by atoms with Crippen LogP contribution in [0.25, 0.3) is 0 Å². The normalized spacial score (nSPS) is 22.3. The van der Waals surface area contributed by atoms with Crippen LogP contribution in [0.1, 0.15) is 83.1 Å². The number of unbranched alkanes of at least 4 members (excludes halogenated alkanes) is 1. The summed E-state index contributed by atoms with van der Waals surface area (Å²) in [5.74, 6) is 0.869. The number of carbonyl (C=O) groups is 3. The Morgan fingerprint density at radius 2 is 1.82 bits per heavy atom. The molecule has 3 fully saturated rings. The Balaban J connectivity index is 1.20. The minimum Gasteiger partial charge on any atom is -0.445 e. The summed E-state index contributed by atoms with van der Waals surface area (Å²) < 4.78 is 5.24. The van der Waals surface area contributed by atoms with Crippen molar-refractivity contribution in [2.24, 2.45) is 5.92 Å². The third-order valence-electron chi connectivity index (χ3n) is 8.58. The van der Waals surface area contributed by atoms with E-state index in [2.05, 4.69) is 22.5 Å². The van der Waals surface area contributed by atoms with Crippen LogP contribution in [0.4, 0.5) is 4.79 Å². The first-order chi connectivity index (χ1) is 18.5. The number of piperidine rings is 1. The predicted octanol–water partition coefficient (Wildman–Crippen LogP) is 4.24. The number of hydrogen-bond donors (Lipinski definition) is 2. The molecule has 0 aromatic heterocycles. The summed E-state index contributed by atoms with van der Waals surface area (Å²) >= 11 is 0. The highest BCUT2D eigenvalue weighted by Gasteiger charge is 2.53. The van der Waals surface area contributed by atoms with Crippen LogP contribution in [0.2, 0.25) is 0 Å². The lowest BCUT2D eigenvalue weighted by Crippen LogP contribution is -2.72. The average Bonchev–Trinajstić information content (AvgIpc) is 2.94. The molecular formula is C30H46N4O4. The fraction of sp³-hybridized carbons (Fsp3) is 0.700. The number of amides is 3. The molecule has 1 aromatic carbocycles. The van der Waals surface area contributed by atoms with Gasteiger partial charge in [0, 0.05) is 32.7 Å². The first-order valence-electron chi connectivity index (χ1n) is 14.8. The van der Waals surface area contributed by atoms with E-state index in [0.29, 0.717) is 19.5 Å². The summed E-state index contributed by atoms with van der Waals surface area (Å²) in [4.78, 5) is 43.4. The number of piperazine rings is 1. The summed E-state index contributed by atoms with van der Waals surface area (Å²) in [5.41, 5.74) is 0.245. The van der Waals surface area contributed by atoms with E-state index in [1.165, 1.54) is 32.1 Å². The number of nitrogens with one attached hydrogen (secondary N) is 2. The van der Waals surface area contributed by atoms with Crippen molar-refractivity contribution >= 4 is 17.9 Å². The second-order valence-electron chi connectivity index (χ2n) is 11.3. The molecule has 1 saturated carbocycles. The van der Waals surface area contributed by atoms with Crippen LogP contribution >= 0.6 is 0 Å². The number of carbonyl (C=O) groups excluding carboxylic acids is 3. The van der Waals surface area contributed by atoms with Crippen molar-refractivity contribution in [1.29, 1.82) is 0 Å². The van der Waals surface area contributed by atoms with Crippen molar-refractivity contribution in [3.63, 3.8) is 0 Å². The van der Waals surface area contributed by atoms with Crippen LogP contribution in [-0.2, 0) is 20.9 Å². The molecule has 0 bridgehead atoms. The highest BCUT2D eigenvalue weighted by atomic mass is 16.5. The zero-order valence-corrected chi connectivity index (χ0v) is 23.1. The van der Waals surface area contributed by atoms with Crippen LogP contribution in [-0.4, -0.2) is 72.0 Å². The van der Waals surface area contributed by atoms with Crippen LogP contribution in [0.5, 0.6) is 0 Å². The van der Waals surface area contributed by atoms with Crippen molar-refractivity contribution in [3.8, 4) is 0 Å². The van der Waals surface area contributed by atoms with Gasteiger partial charge in [0.15, 0.2) is 0 Å². The van der Waals surface area contributed by atoms with Gasteiger partial charge in [-0.25, -0.2) is 4.79 Å². The third kappa shape index (κ3) is 7.28. The van der Waals surface area contributed by atoms with Crippen LogP contribution in [0.15, 0.2) is 30.3 Å². The number of rotatable bonds is 11. The number of nitrogens with zero attached hydrogens (tertiary/aromatic N) is 2. The molecule has 3 amide bonds. The molecule has 1 aliphatic carbocycles. The molecule has 0 radical (unpaired) electrons. The Kier molecular flexibility index (Phi) is 10.4. The summed E-state index contributed by atoms with van der Waals surface area (Å²) in [6.45, 7) is 6.31. The van der Waals surface area contributed by atoms with Gasteiger partial charge < -0.3 is 25.2 Å². The van der Waals surface area contributed by atoms with Gasteiger partial charge in [-0.2, -0.15) is 0 Å². The molecule has 2 saturated heterocycles. The number of alkyl carbamates (subject to hydrolysis) is 1. The van der Waals surface area contributed by atoms with Crippen molar-refractivity contribution in [1.82, 2.24) is 20.4 Å². The summed E-state index contributed by atoms with van der Waals surface area (Å²) in [7, 11) is 0. The summed E-state index contributed by atoms with van der Waals surface area (Å²) in [6.07, 6.45) is 10.6. The van der Waals surface area contributed by atoms with Gasteiger partial charge in [-0.1, -0.05) is 56.5 Å². The Hall–Kier alpha value is -2.61. The molecular weight excluding hydrogens is 480 g/mol. The highest BCUT2D eigenvalue weighted by Crippen LogP contribution is 2.35. The van der Waals surface area contributed by atoms with Gasteiger partial charge in [0.05, 0.1) is 0 Å². The summed E-state index contributed by atoms with van der Waals surface area (Å²) in [5, 5.41) is 5.86. The van der Waals surface area contributed by atoms with Crippen LogP contribution in [0, 0.1) is 5.92 Å². The molecule has 2 aliphatic heterocycles. The topological polar surface area (TPSA) is 91.0 Å². The monoisotopic (exact) mass is 526 g/mol. The maximum atomic E-state index is 13.5. The first-order valence-corrected chi connectivity index (χ1v) is 14.8. The minimum atomic E-state index is -0.698. The van der Waals surface area contributed by atoms with Gasteiger partial charge >= 0.3 is 6.09 Å². The molecule has 210 valence electrons. The van der Waals surface area contributed by atoms with Gasteiger partial charge in [0.25, 0.3) is 0 Å². The second-order valence-corrected chi connectivity index (χ2v) is 11.3. The molecule has 8 nitrogen and oxygen atoms in total. The standard InChI is InChI=1S/C30H46N4O4/c1-2-19-34-27(35)26(15-9-10-18-31-29(37)38-23-25-13-7-4-8-14-25)32-28(36)30(34)16-20-33(21-17-30)22-24-11-5-3-6-12-24/h4,7-8,13-14,24,26H,2-3,5-6,9-12,15-23H2,1H3,(H,31,37)(H,32,36)/t26-/m0/s1. The Bertz CT molecular complexity index is 910. The summed E-state index contributed by atoms with van der Waals surface area (Å²) in [6, 6.07) is 9.08. The first kappa shape index (κ1) is 28.4. The van der Waals surface area contributed by atoms with E-state index in [4.69, 9.17) is 4.74 Å². The lowest BCUT2D eigenvalue weighted by molar-refractivity contribution is -0.161. The molecule has 1 atom stereocenters. The van der Waals surface area contributed by atoms with E-state index in [9.17, 15) is 14.4 Å². The van der Waals surface area contributed by atoms with Crippen molar-refractivity contribution in [2.45, 2.75) is 95.7 Å². The highest BCUT2D eigenvalue weighted by molar-refractivity contribution is 6.00. The van der Waals surface area contributed by atoms with E-state index in [1.54, 1.807) is 0 Å². The SMILES string of the molecule is CCCN1C(=O)[C@H](CCCCNC(=O)OCc2ccccc2)NC(=O)C12CCN(CC1CCCCC1)CC2. The van der Waals surface area contributed by atoms with E-state index >= 15 is 0 Å². The van der Waals surface area contributed by atoms with Crippen molar-refractivity contribution < 1.29 is 19.1 Å². The Morgan fingerprint density at radius 1 is 1.08 bits per heavy atom. The van der Waals surface area contributed by atoms with Gasteiger partial charge in [-0.15, -0.1) is 0 Å². The molecule has 38 heavy (non-hydrogen) atoms. The quantitative estimate of drug-likeness (QED) is 0.421. The van der Waals surface area contributed by atoms with Gasteiger partial charge in [0.1, 0.15) is 18.2 Å². The van der Waals surface area contributed by atoms with E-state index in [-0.39, 0.29) is 18.4 Å². The lowest BCUT2D eigenvalue weighted by Gasteiger charge is -2.52. The van der Waals surface area contributed by atoms with Gasteiger partial charge in [-0.05, 0) is 62.8 Å². The fourth-order valence-electron chi connectivity index (χ4n) is 6.39. The van der Waals surface area contributed by atoms with Gasteiger partial charge in [0.2, 0.25) is 11.8 Å². The maximum Gasteiger partial charge on any atom is 0.407 e. The number of likely N-dealkylation sites (tertiary alicyclic amines) is 1. The zero-order chi connectivity index (χ0) is 26.8.